The summed E-state index contributed by atoms with van der Waals surface area (Å²) in [5.41, 5.74) is 9.41. The van der Waals surface area contributed by atoms with Gasteiger partial charge in [0.25, 0.3) is 0 Å². The Labute approximate surface area is 107 Å². The highest BCUT2D eigenvalue weighted by atomic mass is 16.5. The minimum absolute atomic E-state index is 0.109. The Morgan fingerprint density at radius 1 is 1.39 bits per heavy atom. The monoisotopic (exact) mass is 245 g/mol. The predicted molar refractivity (Wildman–Crippen MR) is 71.6 cm³/mol. The van der Waals surface area contributed by atoms with Crippen molar-refractivity contribution in [2.24, 2.45) is 12.8 Å². The van der Waals surface area contributed by atoms with Crippen LogP contribution >= 0.6 is 0 Å². The molecule has 0 amide bonds. The second-order valence-corrected chi connectivity index (χ2v) is 4.54. The number of methoxy groups -OCH3 is 1. The van der Waals surface area contributed by atoms with Gasteiger partial charge in [0.05, 0.1) is 18.8 Å². The second-order valence-electron chi connectivity index (χ2n) is 4.54. The van der Waals surface area contributed by atoms with Crippen molar-refractivity contribution in [3.05, 3.63) is 47.3 Å². The maximum Gasteiger partial charge on any atom is 0.122 e. The molecule has 2 N–H and O–H groups in total. The summed E-state index contributed by atoms with van der Waals surface area (Å²) in [6, 6.07) is 7.97. The predicted octanol–water partition coefficient (Wildman–Crippen LogP) is 1.98. The molecule has 1 aromatic carbocycles. The van der Waals surface area contributed by atoms with E-state index in [4.69, 9.17) is 10.5 Å². The minimum Gasteiger partial charge on any atom is -0.496 e. The van der Waals surface area contributed by atoms with Gasteiger partial charge < -0.3 is 10.5 Å². The van der Waals surface area contributed by atoms with Crippen molar-refractivity contribution in [3.8, 4) is 5.75 Å². The van der Waals surface area contributed by atoms with Crippen molar-refractivity contribution >= 4 is 0 Å². The van der Waals surface area contributed by atoms with Gasteiger partial charge in [-0.2, -0.15) is 5.10 Å². The third-order valence-electron chi connectivity index (χ3n) is 2.99. The van der Waals surface area contributed by atoms with Gasteiger partial charge in [-0.25, -0.2) is 0 Å². The molecule has 1 atom stereocenters. The van der Waals surface area contributed by atoms with Crippen LogP contribution in [0, 0.1) is 6.92 Å². The van der Waals surface area contributed by atoms with E-state index in [9.17, 15) is 0 Å². The Balaban J connectivity index is 2.20. The number of nitrogens with two attached hydrogens (primary N) is 1. The lowest BCUT2D eigenvalue weighted by Crippen LogP contribution is -2.15. The van der Waals surface area contributed by atoms with E-state index in [-0.39, 0.29) is 6.04 Å². The first-order chi connectivity index (χ1) is 8.60. The van der Waals surface area contributed by atoms with E-state index in [1.54, 1.807) is 11.8 Å². The smallest absolute Gasteiger partial charge is 0.122 e. The van der Waals surface area contributed by atoms with Gasteiger partial charge in [-0.05, 0) is 31.0 Å². The topological polar surface area (TPSA) is 53.1 Å². The summed E-state index contributed by atoms with van der Waals surface area (Å²) >= 11 is 0. The summed E-state index contributed by atoms with van der Waals surface area (Å²) in [6.45, 7) is 2.06. The molecular weight excluding hydrogens is 226 g/mol. The first-order valence-corrected chi connectivity index (χ1v) is 5.99. The van der Waals surface area contributed by atoms with Gasteiger partial charge in [0, 0.05) is 13.2 Å². The lowest BCUT2D eigenvalue weighted by Gasteiger charge is -2.13. The molecule has 0 spiro atoms. The summed E-state index contributed by atoms with van der Waals surface area (Å²) in [5, 5.41) is 4.34. The fourth-order valence-electron chi connectivity index (χ4n) is 2.04. The zero-order valence-corrected chi connectivity index (χ0v) is 11.1. The largest absolute Gasteiger partial charge is 0.496 e. The van der Waals surface area contributed by atoms with Crippen LogP contribution < -0.4 is 10.5 Å². The van der Waals surface area contributed by atoms with Crippen molar-refractivity contribution in [1.29, 1.82) is 0 Å². The van der Waals surface area contributed by atoms with Crippen LogP contribution in [0.4, 0.5) is 0 Å². The van der Waals surface area contributed by atoms with E-state index in [1.807, 2.05) is 31.4 Å². The van der Waals surface area contributed by atoms with Crippen LogP contribution in [-0.2, 0) is 13.5 Å². The zero-order chi connectivity index (χ0) is 13.1. The molecule has 0 radical (unpaired) electrons. The fraction of sp³-hybridized carbons (Fsp3) is 0.357. The number of aryl methyl sites for hydroxylation is 2. The standard InChI is InChI=1S/C14H19N3O/c1-10-4-5-14(18-3)11(8-10)9-12(15)13-6-7-17(2)16-13/h4-8,12H,9,15H2,1-3H3. The molecule has 2 rings (SSSR count). The molecule has 4 heteroatoms. The Morgan fingerprint density at radius 2 is 2.17 bits per heavy atom. The summed E-state index contributed by atoms with van der Waals surface area (Å²) < 4.78 is 7.13. The normalized spacial score (nSPS) is 12.4. The first-order valence-electron chi connectivity index (χ1n) is 5.99. The van der Waals surface area contributed by atoms with Gasteiger partial charge in [0.15, 0.2) is 0 Å². The fourth-order valence-corrected chi connectivity index (χ4v) is 2.04. The van der Waals surface area contributed by atoms with Crippen LogP contribution in [0.2, 0.25) is 0 Å². The van der Waals surface area contributed by atoms with Gasteiger partial charge in [-0.15, -0.1) is 0 Å². The highest BCUT2D eigenvalue weighted by Crippen LogP contribution is 2.24. The Bertz CT molecular complexity index is 534. The molecule has 1 unspecified atom stereocenters. The molecule has 0 aliphatic heterocycles. The van der Waals surface area contributed by atoms with Crippen LogP contribution in [-0.4, -0.2) is 16.9 Å². The lowest BCUT2D eigenvalue weighted by atomic mass is 10.0. The number of ether oxygens (including phenoxy) is 1. The molecular formula is C14H19N3O. The third kappa shape index (κ3) is 2.71. The number of nitrogens with zero attached hydrogens (tertiary/aromatic N) is 2. The van der Waals surface area contributed by atoms with Gasteiger partial charge in [-0.1, -0.05) is 17.7 Å². The average molecular weight is 245 g/mol. The minimum atomic E-state index is -0.109. The third-order valence-corrected chi connectivity index (χ3v) is 2.99. The second kappa shape index (κ2) is 5.23. The molecule has 1 aromatic heterocycles. The molecule has 18 heavy (non-hydrogen) atoms. The molecule has 2 aromatic rings. The molecule has 96 valence electrons. The van der Waals surface area contributed by atoms with Crippen molar-refractivity contribution in [1.82, 2.24) is 9.78 Å². The molecule has 0 fully saturated rings. The molecule has 0 saturated carbocycles. The number of rotatable bonds is 4. The number of hydrogen-bond acceptors (Lipinski definition) is 3. The van der Waals surface area contributed by atoms with E-state index < -0.39 is 0 Å². The van der Waals surface area contributed by atoms with Gasteiger partial charge in [0.1, 0.15) is 5.75 Å². The van der Waals surface area contributed by atoms with Gasteiger partial charge in [0.2, 0.25) is 0 Å². The summed E-state index contributed by atoms with van der Waals surface area (Å²) in [7, 11) is 3.57. The SMILES string of the molecule is COc1ccc(C)cc1CC(N)c1ccn(C)n1. The Morgan fingerprint density at radius 3 is 2.78 bits per heavy atom. The summed E-state index contributed by atoms with van der Waals surface area (Å²) in [5.74, 6) is 0.881. The quantitative estimate of drug-likeness (QED) is 0.896. The highest BCUT2D eigenvalue weighted by molar-refractivity contribution is 5.37. The molecule has 0 aliphatic carbocycles. The molecule has 0 bridgehead atoms. The maximum absolute atomic E-state index is 6.18. The van der Waals surface area contributed by atoms with E-state index >= 15 is 0 Å². The highest BCUT2D eigenvalue weighted by Gasteiger charge is 2.13. The number of benzene rings is 1. The van der Waals surface area contributed by atoms with E-state index in [2.05, 4.69) is 18.1 Å². The molecule has 4 nitrogen and oxygen atoms in total. The molecule has 0 aliphatic rings. The maximum atomic E-state index is 6.18. The van der Waals surface area contributed by atoms with Crippen LogP contribution in [0.1, 0.15) is 22.9 Å². The molecule has 1 heterocycles. The Hall–Kier alpha value is -1.81. The first kappa shape index (κ1) is 12.6. The number of aromatic nitrogens is 2. The van der Waals surface area contributed by atoms with Crippen LogP contribution in [0.5, 0.6) is 5.75 Å². The van der Waals surface area contributed by atoms with Crippen LogP contribution in [0.15, 0.2) is 30.5 Å². The number of hydrogen-bond donors (Lipinski definition) is 1. The Kier molecular flexibility index (Phi) is 3.67. The van der Waals surface area contributed by atoms with Crippen LogP contribution in [0.25, 0.3) is 0 Å². The molecule has 0 saturated heterocycles. The summed E-state index contributed by atoms with van der Waals surface area (Å²) in [4.78, 5) is 0. The van der Waals surface area contributed by atoms with Crippen LogP contribution in [0.3, 0.4) is 0 Å². The van der Waals surface area contributed by atoms with Crippen molar-refractivity contribution in [2.75, 3.05) is 7.11 Å². The average Bonchev–Trinajstić information content (AvgIpc) is 2.76. The van der Waals surface area contributed by atoms with E-state index in [0.717, 1.165) is 23.4 Å². The zero-order valence-electron chi connectivity index (χ0n) is 11.1. The van der Waals surface area contributed by atoms with Crippen molar-refractivity contribution in [3.63, 3.8) is 0 Å². The van der Waals surface area contributed by atoms with Gasteiger partial charge >= 0.3 is 0 Å². The van der Waals surface area contributed by atoms with Crippen molar-refractivity contribution in [2.45, 2.75) is 19.4 Å². The van der Waals surface area contributed by atoms with Crippen molar-refractivity contribution < 1.29 is 4.74 Å². The lowest BCUT2D eigenvalue weighted by molar-refractivity contribution is 0.407. The van der Waals surface area contributed by atoms with E-state index in [1.165, 1.54) is 5.56 Å². The van der Waals surface area contributed by atoms with E-state index in [0.29, 0.717) is 0 Å². The van der Waals surface area contributed by atoms with Gasteiger partial charge in [-0.3, -0.25) is 4.68 Å². The summed E-state index contributed by atoms with van der Waals surface area (Å²) in [6.07, 6.45) is 2.63.